The van der Waals surface area contributed by atoms with Crippen LogP contribution < -0.4 is 20.7 Å². The zero-order valence-corrected chi connectivity index (χ0v) is 14.7. The Morgan fingerprint density at radius 2 is 1.88 bits per heavy atom. The fourth-order valence-electron chi connectivity index (χ4n) is 2.90. The molecule has 0 saturated carbocycles. The Kier molecular flexibility index (Phi) is 5.09. The topological polar surface area (TPSA) is 70.8 Å². The molecule has 0 aromatic heterocycles. The number of methoxy groups -OCH3 is 1. The molecule has 0 atom stereocenters. The van der Waals surface area contributed by atoms with E-state index >= 15 is 0 Å². The maximum absolute atomic E-state index is 12.5. The highest BCUT2D eigenvalue weighted by molar-refractivity contribution is 6.05. The number of likely N-dealkylation sites (N-methyl/N-ethyl adjacent to an activating group) is 1. The number of benzene rings is 2. The van der Waals surface area contributed by atoms with Gasteiger partial charge in [0.15, 0.2) is 0 Å². The number of ether oxygens (including phenoxy) is 1. The highest BCUT2D eigenvalue weighted by Crippen LogP contribution is 2.24. The van der Waals surface area contributed by atoms with Crippen molar-refractivity contribution >= 4 is 23.0 Å². The molecule has 1 saturated heterocycles. The zero-order chi connectivity index (χ0) is 17.8. The Morgan fingerprint density at radius 3 is 2.60 bits per heavy atom. The second kappa shape index (κ2) is 7.44. The molecular weight excluding hydrogens is 316 g/mol. The maximum atomic E-state index is 12.5. The van der Waals surface area contributed by atoms with Gasteiger partial charge in [-0.2, -0.15) is 0 Å². The Labute approximate surface area is 148 Å². The van der Waals surface area contributed by atoms with Crippen LogP contribution in [0.3, 0.4) is 0 Å². The average Bonchev–Trinajstić information content (AvgIpc) is 2.63. The van der Waals surface area contributed by atoms with E-state index < -0.39 is 0 Å². The first kappa shape index (κ1) is 17.1. The van der Waals surface area contributed by atoms with Gasteiger partial charge in [0, 0.05) is 43.1 Å². The van der Waals surface area contributed by atoms with E-state index in [2.05, 4.69) is 28.2 Å². The van der Waals surface area contributed by atoms with Crippen molar-refractivity contribution in [2.75, 3.05) is 56.3 Å². The molecule has 1 aliphatic rings. The summed E-state index contributed by atoms with van der Waals surface area (Å²) < 4.78 is 5.18. The van der Waals surface area contributed by atoms with Crippen molar-refractivity contribution in [3.63, 3.8) is 0 Å². The number of rotatable bonds is 4. The minimum absolute atomic E-state index is 0.186. The molecule has 0 unspecified atom stereocenters. The van der Waals surface area contributed by atoms with Crippen LogP contribution in [0.25, 0.3) is 0 Å². The lowest BCUT2D eigenvalue weighted by molar-refractivity contribution is 0.102. The van der Waals surface area contributed by atoms with E-state index in [0.29, 0.717) is 17.0 Å². The Hall–Kier alpha value is -2.73. The molecule has 2 aromatic carbocycles. The summed E-state index contributed by atoms with van der Waals surface area (Å²) in [5.74, 6) is 0.313. The van der Waals surface area contributed by atoms with Gasteiger partial charge in [0.1, 0.15) is 5.75 Å². The van der Waals surface area contributed by atoms with Crippen LogP contribution >= 0.6 is 0 Å². The fourth-order valence-corrected chi connectivity index (χ4v) is 2.90. The second-order valence-corrected chi connectivity index (χ2v) is 6.25. The van der Waals surface area contributed by atoms with Crippen LogP contribution in [0.1, 0.15) is 10.4 Å². The molecule has 6 nitrogen and oxygen atoms in total. The first-order valence-electron chi connectivity index (χ1n) is 8.35. The van der Waals surface area contributed by atoms with Gasteiger partial charge in [-0.1, -0.05) is 6.07 Å². The van der Waals surface area contributed by atoms with Crippen LogP contribution in [0, 0.1) is 0 Å². The summed E-state index contributed by atoms with van der Waals surface area (Å²) in [5.41, 5.74) is 8.72. The molecule has 0 bridgehead atoms. The number of hydrogen-bond donors (Lipinski definition) is 2. The lowest BCUT2D eigenvalue weighted by atomic mass is 10.1. The van der Waals surface area contributed by atoms with Gasteiger partial charge in [-0.15, -0.1) is 0 Å². The monoisotopic (exact) mass is 340 g/mol. The predicted octanol–water partition coefficient (Wildman–Crippen LogP) is 2.28. The van der Waals surface area contributed by atoms with Crippen molar-refractivity contribution in [3.8, 4) is 5.75 Å². The van der Waals surface area contributed by atoms with Crippen molar-refractivity contribution < 1.29 is 9.53 Å². The largest absolute Gasteiger partial charge is 0.495 e. The van der Waals surface area contributed by atoms with Crippen molar-refractivity contribution in [1.29, 1.82) is 0 Å². The Morgan fingerprint density at radius 1 is 1.12 bits per heavy atom. The third-order valence-corrected chi connectivity index (χ3v) is 4.47. The summed E-state index contributed by atoms with van der Waals surface area (Å²) in [4.78, 5) is 17.1. The van der Waals surface area contributed by atoms with Crippen molar-refractivity contribution in [2.24, 2.45) is 0 Å². The minimum Gasteiger partial charge on any atom is -0.495 e. The zero-order valence-electron chi connectivity index (χ0n) is 14.7. The minimum atomic E-state index is -0.186. The molecular formula is C19H24N4O2. The summed E-state index contributed by atoms with van der Waals surface area (Å²) in [6.07, 6.45) is 0. The standard InChI is InChI=1S/C19H24N4O2/c1-22-8-10-23(11-9-22)16-5-3-4-15(13-16)21-19(24)14-6-7-17(20)18(12-14)25-2/h3-7,12-13H,8-11,20H2,1-2H3,(H,21,24). The summed E-state index contributed by atoms with van der Waals surface area (Å²) in [7, 11) is 3.67. The van der Waals surface area contributed by atoms with Gasteiger partial charge in [-0.25, -0.2) is 0 Å². The molecule has 25 heavy (non-hydrogen) atoms. The van der Waals surface area contributed by atoms with Crippen LogP contribution in [-0.2, 0) is 0 Å². The van der Waals surface area contributed by atoms with Crippen molar-refractivity contribution in [3.05, 3.63) is 48.0 Å². The summed E-state index contributed by atoms with van der Waals surface area (Å²) in [6.45, 7) is 4.07. The third-order valence-electron chi connectivity index (χ3n) is 4.47. The molecule has 0 aliphatic carbocycles. The van der Waals surface area contributed by atoms with E-state index in [-0.39, 0.29) is 5.91 Å². The van der Waals surface area contributed by atoms with Crippen LogP contribution in [0.15, 0.2) is 42.5 Å². The van der Waals surface area contributed by atoms with E-state index in [0.717, 1.165) is 37.6 Å². The van der Waals surface area contributed by atoms with Crippen LogP contribution in [0.2, 0.25) is 0 Å². The highest BCUT2D eigenvalue weighted by atomic mass is 16.5. The van der Waals surface area contributed by atoms with Crippen LogP contribution in [0.4, 0.5) is 17.1 Å². The third kappa shape index (κ3) is 4.03. The van der Waals surface area contributed by atoms with E-state index in [1.165, 1.54) is 7.11 Å². The van der Waals surface area contributed by atoms with Gasteiger partial charge in [-0.05, 0) is 43.4 Å². The first-order valence-corrected chi connectivity index (χ1v) is 8.35. The van der Waals surface area contributed by atoms with Gasteiger partial charge in [-0.3, -0.25) is 4.79 Å². The average molecular weight is 340 g/mol. The molecule has 132 valence electrons. The Bertz CT molecular complexity index is 755. The Balaban J connectivity index is 1.72. The highest BCUT2D eigenvalue weighted by Gasteiger charge is 2.15. The number of anilines is 3. The van der Waals surface area contributed by atoms with E-state index in [1.54, 1.807) is 18.2 Å². The molecule has 6 heteroatoms. The number of nitrogen functional groups attached to an aromatic ring is 1. The number of carbonyl (C=O) groups excluding carboxylic acids is 1. The normalized spacial score (nSPS) is 15.0. The molecule has 0 spiro atoms. The molecule has 1 aliphatic heterocycles. The summed E-state index contributed by atoms with van der Waals surface area (Å²) in [6, 6.07) is 13.0. The molecule has 0 radical (unpaired) electrons. The lowest BCUT2D eigenvalue weighted by Gasteiger charge is -2.34. The van der Waals surface area contributed by atoms with Gasteiger partial charge in [0.25, 0.3) is 5.91 Å². The first-order chi connectivity index (χ1) is 12.1. The quantitative estimate of drug-likeness (QED) is 0.836. The number of nitrogens with one attached hydrogen (secondary N) is 1. The number of nitrogens with zero attached hydrogens (tertiary/aromatic N) is 2. The predicted molar refractivity (Wildman–Crippen MR) is 102 cm³/mol. The number of piperazine rings is 1. The SMILES string of the molecule is COc1cc(C(=O)Nc2cccc(N3CCN(C)CC3)c2)ccc1N. The number of carbonyl (C=O) groups is 1. The number of hydrogen-bond acceptors (Lipinski definition) is 5. The van der Waals surface area contributed by atoms with Crippen molar-refractivity contribution in [2.45, 2.75) is 0 Å². The van der Waals surface area contributed by atoms with Crippen LogP contribution in [0.5, 0.6) is 5.75 Å². The molecule has 2 aromatic rings. The molecule has 3 N–H and O–H groups in total. The van der Waals surface area contributed by atoms with Crippen molar-refractivity contribution in [1.82, 2.24) is 4.90 Å². The van der Waals surface area contributed by atoms with Crippen LogP contribution in [-0.4, -0.2) is 51.1 Å². The van der Waals surface area contributed by atoms with Gasteiger partial charge < -0.3 is 25.6 Å². The second-order valence-electron chi connectivity index (χ2n) is 6.25. The fraction of sp³-hybridized carbons (Fsp3) is 0.316. The smallest absolute Gasteiger partial charge is 0.255 e. The number of amides is 1. The lowest BCUT2D eigenvalue weighted by Crippen LogP contribution is -2.44. The van der Waals surface area contributed by atoms with E-state index in [9.17, 15) is 4.79 Å². The maximum Gasteiger partial charge on any atom is 0.255 e. The van der Waals surface area contributed by atoms with E-state index in [1.807, 2.05) is 18.2 Å². The molecule has 1 fully saturated rings. The van der Waals surface area contributed by atoms with E-state index in [4.69, 9.17) is 10.5 Å². The molecule has 3 rings (SSSR count). The molecule has 1 heterocycles. The van der Waals surface area contributed by atoms with Gasteiger partial charge in [0.2, 0.25) is 0 Å². The van der Waals surface area contributed by atoms with Gasteiger partial charge >= 0.3 is 0 Å². The summed E-state index contributed by atoms with van der Waals surface area (Å²) in [5, 5.41) is 2.94. The summed E-state index contributed by atoms with van der Waals surface area (Å²) >= 11 is 0. The number of nitrogens with two attached hydrogens (primary N) is 1. The molecule has 1 amide bonds. The van der Waals surface area contributed by atoms with Gasteiger partial charge in [0.05, 0.1) is 12.8 Å².